The molecule has 2 aliphatic rings. The van der Waals surface area contributed by atoms with Gasteiger partial charge in [0.2, 0.25) is 0 Å². The number of aryl methyl sites for hydroxylation is 2. The van der Waals surface area contributed by atoms with E-state index in [-0.39, 0.29) is 28.8 Å². The van der Waals surface area contributed by atoms with Crippen molar-refractivity contribution in [3.63, 3.8) is 0 Å². The Morgan fingerprint density at radius 2 is 1.84 bits per heavy atom. The van der Waals surface area contributed by atoms with E-state index in [4.69, 9.17) is 0 Å². The van der Waals surface area contributed by atoms with Crippen LogP contribution in [-0.2, 0) is 9.59 Å². The summed E-state index contributed by atoms with van der Waals surface area (Å²) in [5.74, 6) is -2.03. The number of carboxylic acid groups (broad SMARTS) is 1. The zero-order valence-electron chi connectivity index (χ0n) is 22.4. The van der Waals surface area contributed by atoms with Crippen molar-refractivity contribution in [2.45, 2.75) is 51.5 Å². The van der Waals surface area contributed by atoms with Crippen molar-refractivity contribution >= 4 is 17.6 Å². The molecular weight excluding hydrogens is 484 g/mol. The molecule has 0 spiro atoms. The summed E-state index contributed by atoms with van der Waals surface area (Å²) in [6.45, 7) is 4.99. The molecule has 9 heteroatoms. The van der Waals surface area contributed by atoms with E-state index in [0.29, 0.717) is 31.5 Å². The number of aliphatic carboxylic acids is 1. The number of azo groups is 1. The number of hydrogen-bond donors (Lipinski definition) is 3. The maximum atomic E-state index is 13.4. The zero-order chi connectivity index (χ0) is 27.6. The number of nitrogens with zero attached hydrogens (tertiary/aromatic N) is 4. The van der Waals surface area contributed by atoms with E-state index in [0.717, 1.165) is 29.5 Å². The number of carbonyl (C=O) groups excluding carboxylic acids is 1. The smallest absolute Gasteiger partial charge is 0.306 e. The van der Waals surface area contributed by atoms with Gasteiger partial charge in [0.05, 0.1) is 5.92 Å². The van der Waals surface area contributed by atoms with E-state index in [1.54, 1.807) is 23.1 Å². The molecular formula is C29H36N4O5. The van der Waals surface area contributed by atoms with Gasteiger partial charge in [-0.05, 0) is 81.4 Å². The highest BCUT2D eigenvalue weighted by Gasteiger charge is 2.41. The minimum absolute atomic E-state index is 0.0759. The Bertz CT molecular complexity index is 1290. The summed E-state index contributed by atoms with van der Waals surface area (Å²) >= 11 is 0. The number of para-hydroxylation sites is 1. The number of benzene rings is 2. The van der Waals surface area contributed by atoms with Crippen molar-refractivity contribution in [2.24, 2.45) is 16.1 Å². The van der Waals surface area contributed by atoms with Crippen LogP contribution in [0.1, 0.15) is 59.9 Å². The van der Waals surface area contributed by atoms with E-state index in [1.165, 1.54) is 0 Å². The molecule has 38 heavy (non-hydrogen) atoms. The molecule has 0 radical (unpaired) electrons. The summed E-state index contributed by atoms with van der Waals surface area (Å²) in [4.78, 5) is 28.5. The van der Waals surface area contributed by atoms with Crippen molar-refractivity contribution in [3.8, 4) is 5.75 Å². The second-order valence-corrected chi connectivity index (χ2v) is 10.6. The van der Waals surface area contributed by atoms with Gasteiger partial charge >= 0.3 is 5.97 Å². The van der Waals surface area contributed by atoms with E-state index >= 15 is 0 Å². The van der Waals surface area contributed by atoms with Crippen LogP contribution in [0.2, 0.25) is 0 Å². The molecule has 1 amide bonds. The molecule has 9 nitrogen and oxygen atoms in total. The summed E-state index contributed by atoms with van der Waals surface area (Å²) in [7, 11) is 3.83. The van der Waals surface area contributed by atoms with Gasteiger partial charge in [0.25, 0.3) is 5.91 Å². The lowest BCUT2D eigenvalue weighted by Gasteiger charge is -2.27. The molecule has 1 saturated carbocycles. The first-order chi connectivity index (χ1) is 18.1. The second kappa shape index (κ2) is 11.3. The number of aliphatic hydroxyl groups is 1. The Kier molecular flexibility index (Phi) is 8.16. The zero-order valence-corrected chi connectivity index (χ0v) is 22.4. The molecule has 1 aliphatic carbocycles. The van der Waals surface area contributed by atoms with Crippen molar-refractivity contribution in [3.05, 3.63) is 70.1 Å². The van der Waals surface area contributed by atoms with Gasteiger partial charge < -0.3 is 25.1 Å². The Labute approximate surface area is 223 Å². The third kappa shape index (κ3) is 5.57. The highest BCUT2D eigenvalue weighted by Crippen LogP contribution is 2.44. The van der Waals surface area contributed by atoms with Crippen molar-refractivity contribution in [1.82, 2.24) is 9.80 Å². The molecule has 2 aromatic rings. The van der Waals surface area contributed by atoms with Gasteiger partial charge in [0.15, 0.2) is 11.5 Å². The Morgan fingerprint density at radius 3 is 2.53 bits per heavy atom. The number of rotatable bonds is 8. The van der Waals surface area contributed by atoms with Crippen LogP contribution in [0.25, 0.3) is 0 Å². The third-order valence-corrected chi connectivity index (χ3v) is 7.68. The highest BCUT2D eigenvalue weighted by molar-refractivity contribution is 5.97. The molecule has 0 bridgehead atoms. The third-order valence-electron chi connectivity index (χ3n) is 7.68. The van der Waals surface area contributed by atoms with Gasteiger partial charge in [-0.2, -0.15) is 0 Å². The summed E-state index contributed by atoms with van der Waals surface area (Å²) in [5, 5.41) is 39.9. The lowest BCUT2D eigenvalue weighted by molar-refractivity contribution is -0.143. The highest BCUT2D eigenvalue weighted by atomic mass is 16.4. The van der Waals surface area contributed by atoms with Gasteiger partial charge in [-0.1, -0.05) is 36.8 Å². The normalized spacial score (nSPS) is 22.2. The number of hydrogen-bond acceptors (Lipinski definition) is 7. The van der Waals surface area contributed by atoms with Crippen molar-refractivity contribution < 1.29 is 24.9 Å². The Morgan fingerprint density at radius 1 is 1.08 bits per heavy atom. The number of carboxylic acids is 1. The minimum Gasteiger partial charge on any atom is -0.507 e. The molecule has 1 aliphatic heterocycles. The SMILES string of the molecule is Cc1ccc(C2C(O)=C(N=Nc3cccc(C4CCCC(C(=O)O)C4)c3O)C(=O)N2CCN(C)C)cc1C. The number of likely N-dealkylation sites (N-methyl/N-ethyl adjacent to an activating group) is 1. The first-order valence-electron chi connectivity index (χ1n) is 13.0. The summed E-state index contributed by atoms with van der Waals surface area (Å²) in [5.41, 5.74) is 3.61. The van der Waals surface area contributed by atoms with Gasteiger partial charge in [-0.15, -0.1) is 10.2 Å². The standard InChI is InChI=1S/C29H36N4O5/c1-17-11-12-20(15-18(17)2)25-27(35)24(28(36)33(25)14-13-32(3)4)31-30-23-10-6-9-22(26(23)34)19-7-5-8-21(16-19)29(37)38/h6,9-12,15,19,21,25,34-35H,5,7-8,13-14,16H2,1-4H3,(H,37,38). The minimum atomic E-state index is -0.815. The van der Waals surface area contributed by atoms with Gasteiger partial charge in [0.1, 0.15) is 17.5 Å². The lowest BCUT2D eigenvalue weighted by Crippen LogP contribution is -2.36. The number of carbonyl (C=O) groups is 2. The number of aromatic hydroxyl groups is 1. The molecule has 202 valence electrons. The number of amides is 1. The van der Waals surface area contributed by atoms with E-state index in [9.17, 15) is 24.9 Å². The van der Waals surface area contributed by atoms with Crippen LogP contribution in [0.15, 0.2) is 58.1 Å². The first kappa shape index (κ1) is 27.3. The average molecular weight is 521 g/mol. The molecule has 0 aromatic heterocycles. The van der Waals surface area contributed by atoms with Gasteiger partial charge in [0, 0.05) is 13.1 Å². The second-order valence-electron chi connectivity index (χ2n) is 10.6. The predicted molar refractivity (Wildman–Crippen MR) is 144 cm³/mol. The molecule has 3 unspecified atom stereocenters. The summed E-state index contributed by atoms with van der Waals surface area (Å²) in [6.07, 6.45) is 2.63. The fraction of sp³-hybridized carbons (Fsp3) is 0.448. The van der Waals surface area contributed by atoms with Crippen LogP contribution >= 0.6 is 0 Å². The van der Waals surface area contributed by atoms with Gasteiger partial charge in [-0.3, -0.25) is 9.59 Å². The lowest BCUT2D eigenvalue weighted by atomic mass is 9.77. The van der Waals surface area contributed by atoms with Crippen LogP contribution in [-0.4, -0.2) is 64.2 Å². The van der Waals surface area contributed by atoms with Crippen LogP contribution in [0, 0.1) is 19.8 Å². The maximum Gasteiger partial charge on any atom is 0.306 e. The molecule has 1 fully saturated rings. The van der Waals surface area contributed by atoms with Crippen molar-refractivity contribution in [2.75, 3.05) is 27.2 Å². The number of phenols is 1. The summed E-state index contributed by atoms with van der Waals surface area (Å²) in [6, 6.07) is 10.3. The average Bonchev–Trinajstić information content (AvgIpc) is 3.12. The Balaban J connectivity index is 1.65. The number of phenolic OH excluding ortho intramolecular Hbond substituents is 1. The maximum absolute atomic E-state index is 13.4. The van der Waals surface area contributed by atoms with E-state index < -0.39 is 23.8 Å². The monoisotopic (exact) mass is 520 g/mol. The summed E-state index contributed by atoms with van der Waals surface area (Å²) < 4.78 is 0. The predicted octanol–water partition coefficient (Wildman–Crippen LogP) is 5.37. The number of aliphatic hydroxyl groups excluding tert-OH is 1. The fourth-order valence-corrected chi connectivity index (χ4v) is 5.30. The molecule has 3 atom stereocenters. The molecule has 2 aromatic carbocycles. The van der Waals surface area contributed by atoms with Crippen LogP contribution in [0.3, 0.4) is 0 Å². The molecule has 4 rings (SSSR count). The first-order valence-corrected chi connectivity index (χ1v) is 13.0. The topological polar surface area (TPSA) is 126 Å². The van der Waals surface area contributed by atoms with Crippen LogP contribution < -0.4 is 0 Å². The van der Waals surface area contributed by atoms with Crippen LogP contribution in [0.5, 0.6) is 5.75 Å². The van der Waals surface area contributed by atoms with E-state index in [1.807, 2.05) is 51.0 Å². The Hall–Kier alpha value is -3.72. The van der Waals surface area contributed by atoms with Gasteiger partial charge in [-0.25, -0.2) is 0 Å². The van der Waals surface area contributed by atoms with Crippen LogP contribution in [0.4, 0.5) is 5.69 Å². The molecule has 1 heterocycles. The van der Waals surface area contributed by atoms with E-state index in [2.05, 4.69) is 10.2 Å². The quantitative estimate of drug-likeness (QED) is 0.402. The van der Waals surface area contributed by atoms with Crippen molar-refractivity contribution in [1.29, 1.82) is 0 Å². The molecule has 3 N–H and O–H groups in total. The largest absolute Gasteiger partial charge is 0.507 e. The molecule has 0 saturated heterocycles. The fourth-order valence-electron chi connectivity index (χ4n) is 5.30.